The van der Waals surface area contributed by atoms with Crippen LogP contribution in [0.25, 0.3) is 0 Å². The number of likely N-dealkylation sites (tertiary alicyclic amines) is 1. The molecule has 0 radical (unpaired) electrons. The summed E-state index contributed by atoms with van der Waals surface area (Å²) in [6, 6.07) is 4.08. The maximum absolute atomic E-state index is 12.5. The van der Waals surface area contributed by atoms with E-state index in [-0.39, 0.29) is 31.2 Å². The monoisotopic (exact) mass is 367 g/mol. The first-order valence-electron chi connectivity index (χ1n) is 6.82. The molecule has 1 saturated heterocycles. The van der Waals surface area contributed by atoms with Gasteiger partial charge in [0.2, 0.25) is 0 Å². The molecule has 0 aromatic heterocycles. The number of benzene rings is 1. The summed E-state index contributed by atoms with van der Waals surface area (Å²) in [4.78, 5) is 12.2. The third kappa shape index (κ3) is 2.77. The minimum absolute atomic E-state index is 0.114. The number of rotatable bonds is 2. The molecule has 1 fully saturated rings. The smallest absolute Gasteiger partial charge is 0.465 e. The van der Waals surface area contributed by atoms with Crippen molar-refractivity contribution in [1.29, 1.82) is 0 Å². The molecule has 1 aromatic carbocycles. The Labute approximate surface area is 134 Å². The molecule has 7 nitrogen and oxygen atoms in total. The standard InChI is InChI=1S/C13H12F3NO6S/c14-13(15,16)24(20,21)23-10-3-1-2-7-8-4-17(12(18)19)5-11(8)22-6-9(7)10/h1-3,8,11H,4-6H2,(H,18,19). The van der Waals surface area contributed by atoms with Gasteiger partial charge in [-0.3, -0.25) is 0 Å². The van der Waals surface area contributed by atoms with E-state index in [0.717, 1.165) is 11.0 Å². The second-order valence-corrected chi connectivity index (χ2v) is 6.99. The molecule has 1 N–H and O–H groups in total. The number of hydrogen-bond donors (Lipinski definition) is 1. The van der Waals surface area contributed by atoms with Gasteiger partial charge in [-0.2, -0.15) is 21.6 Å². The molecule has 2 aliphatic heterocycles. The van der Waals surface area contributed by atoms with Crippen LogP contribution in [0, 0.1) is 0 Å². The molecule has 132 valence electrons. The predicted molar refractivity (Wildman–Crippen MR) is 73.0 cm³/mol. The lowest BCUT2D eigenvalue weighted by Crippen LogP contribution is -2.30. The number of ether oxygens (including phenoxy) is 1. The Hall–Kier alpha value is -2.01. The Morgan fingerprint density at radius 1 is 1.33 bits per heavy atom. The van der Waals surface area contributed by atoms with E-state index >= 15 is 0 Å². The third-order valence-electron chi connectivity index (χ3n) is 4.03. The second-order valence-electron chi connectivity index (χ2n) is 5.45. The SMILES string of the molecule is O=C(O)N1CC2OCc3c(OS(=O)(=O)C(F)(F)F)cccc3C2C1. The van der Waals surface area contributed by atoms with Crippen LogP contribution in [-0.2, 0) is 21.5 Å². The van der Waals surface area contributed by atoms with E-state index in [1.54, 1.807) is 6.07 Å². The highest BCUT2D eigenvalue weighted by Gasteiger charge is 2.49. The van der Waals surface area contributed by atoms with Crippen molar-refractivity contribution in [3.63, 3.8) is 0 Å². The quantitative estimate of drug-likeness (QED) is 0.634. The molecular weight excluding hydrogens is 355 g/mol. The van der Waals surface area contributed by atoms with Gasteiger partial charge in [0, 0.05) is 18.0 Å². The van der Waals surface area contributed by atoms with Gasteiger partial charge in [-0.05, 0) is 11.6 Å². The van der Waals surface area contributed by atoms with Gasteiger partial charge in [0.15, 0.2) is 0 Å². The van der Waals surface area contributed by atoms with Gasteiger partial charge in [-0.1, -0.05) is 12.1 Å². The van der Waals surface area contributed by atoms with E-state index in [1.165, 1.54) is 6.07 Å². The number of fused-ring (bicyclic) bond motifs is 3. The molecule has 0 bridgehead atoms. The van der Waals surface area contributed by atoms with Gasteiger partial charge in [-0.15, -0.1) is 0 Å². The van der Waals surface area contributed by atoms with E-state index in [1.807, 2.05) is 0 Å². The van der Waals surface area contributed by atoms with E-state index in [2.05, 4.69) is 4.18 Å². The van der Waals surface area contributed by atoms with Crippen LogP contribution < -0.4 is 4.18 Å². The Kier molecular flexibility index (Phi) is 3.87. The van der Waals surface area contributed by atoms with Crippen molar-refractivity contribution in [2.45, 2.75) is 24.1 Å². The van der Waals surface area contributed by atoms with Gasteiger partial charge in [0.1, 0.15) is 5.75 Å². The zero-order valence-corrected chi connectivity index (χ0v) is 12.8. The summed E-state index contributed by atoms with van der Waals surface area (Å²) in [6.45, 7) is 0.0986. The first kappa shape index (κ1) is 16.8. The van der Waals surface area contributed by atoms with Crippen molar-refractivity contribution in [2.75, 3.05) is 13.1 Å². The lowest BCUT2D eigenvalue weighted by atomic mass is 9.89. The van der Waals surface area contributed by atoms with Crippen LogP contribution in [0.1, 0.15) is 17.0 Å². The maximum Gasteiger partial charge on any atom is 0.534 e. The van der Waals surface area contributed by atoms with Crippen molar-refractivity contribution >= 4 is 16.2 Å². The first-order chi connectivity index (χ1) is 11.1. The molecule has 3 rings (SSSR count). The number of nitrogens with zero attached hydrogens (tertiary/aromatic N) is 1. The zero-order chi connectivity index (χ0) is 17.7. The summed E-state index contributed by atoms with van der Waals surface area (Å²) >= 11 is 0. The molecule has 1 amide bonds. The molecule has 0 aliphatic carbocycles. The summed E-state index contributed by atoms with van der Waals surface area (Å²) in [6.07, 6.45) is -1.55. The van der Waals surface area contributed by atoms with E-state index < -0.39 is 33.6 Å². The molecule has 0 saturated carbocycles. The average molecular weight is 367 g/mol. The molecule has 0 spiro atoms. The minimum atomic E-state index is -5.79. The van der Waals surface area contributed by atoms with Gasteiger partial charge in [-0.25, -0.2) is 4.79 Å². The lowest BCUT2D eigenvalue weighted by Gasteiger charge is -2.28. The summed E-state index contributed by atoms with van der Waals surface area (Å²) in [5.41, 5.74) is -4.83. The largest absolute Gasteiger partial charge is 0.534 e. The van der Waals surface area contributed by atoms with Crippen LogP contribution in [0.4, 0.5) is 18.0 Å². The Balaban J connectivity index is 1.94. The first-order valence-corrected chi connectivity index (χ1v) is 8.23. The molecule has 11 heteroatoms. The Bertz CT molecular complexity index is 778. The fraction of sp³-hybridized carbons (Fsp3) is 0.462. The van der Waals surface area contributed by atoms with E-state index in [0.29, 0.717) is 5.56 Å². The number of amides is 1. The normalized spacial score (nSPS) is 23.5. The number of carboxylic acid groups (broad SMARTS) is 1. The van der Waals surface area contributed by atoms with Crippen LogP contribution in [0.2, 0.25) is 0 Å². The van der Waals surface area contributed by atoms with Crippen LogP contribution >= 0.6 is 0 Å². The highest BCUT2D eigenvalue weighted by molar-refractivity contribution is 7.88. The minimum Gasteiger partial charge on any atom is -0.465 e. The number of alkyl halides is 3. The van der Waals surface area contributed by atoms with Crippen LogP contribution in [-0.4, -0.2) is 49.2 Å². The maximum atomic E-state index is 12.5. The molecule has 2 atom stereocenters. The second kappa shape index (κ2) is 5.52. The van der Waals surface area contributed by atoms with Crippen LogP contribution in [0.5, 0.6) is 5.75 Å². The van der Waals surface area contributed by atoms with Crippen molar-refractivity contribution in [3.05, 3.63) is 29.3 Å². The third-order valence-corrected chi connectivity index (χ3v) is 5.00. The number of halogens is 3. The van der Waals surface area contributed by atoms with Crippen LogP contribution in [0.15, 0.2) is 18.2 Å². The van der Waals surface area contributed by atoms with Crippen molar-refractivity contribution in [3.8, 4) is 5.75 Å². The van der Waals surface area contributed by atoms with Crippen molar-refractivity contribution in [1.82, 2.24) is 4.90 Å². The van der Waals surface area contributed by atoms with Gasteiger partial charge in [0.05, 0.1) is 19.3 Å². The fourth-order valence-electron chi connectivity index (χ4n) is 2.92. The van der Waals surface area contributed by atoms with E-state index in [4.69, 9.17) is 9.84 Å². The van der Waals surface area contributed by atoms with Crippen molar-refractivity contribution in [2.24, 2.45) is 0 Å². The molecule has 1 aromatic rings. The lowest BCUT2D eigenvalue weighted by molar-refractivity contribution is -0.0501. The topological polar surface area (TPSA) is 93.1 Å². The zero-order valence-electron chi connectivity index (χ0n) is 12.0. The molecule has 24 heavy (non-hydrogen) atoms. The molecule has 2 heterocycles. The molecule has 2 unspecified atom stereocenters. The number of carbonyl (C=O) groups is 1. The molecule has 2 aliphatic rings. The Morgan fingerprint density at radius 3 is 2.67 bits per heavy atom. The Morgan fingerprint density at radius 2 is 2.04 bits per heavy atom. The van der Waals surface area contributed by atoms with E-state index in [9.17, 15) is 26.4 Å². The average Bonchev–Trinajstić information content (AvgIpc) is 2.90. The fourth-order valence-corrected chi connectivity index (χ4v) is 3.40. The van der Waals surface area contributed by atoms with Gasteiger partial charge in [0.25, 0.3) is 0 Å². The summed E-state index contributed by atoms with van der Waals surface area (Å²) in [5.74, 6) is -0.848. The van der Waals surface area contributed by atoms with Gasteiger partial charge < -0.3 is 18.9 Å². The predicted octanol–water partition coefficient (Wildman–Crippen LogP) is 1.89. The summed E-state index contributed by atoms with van der Waals surface area (Å²) in [5, 5.41) is 9.05. The number of hydrogen-bond acceptors (Lipinski definition) is 5. The van der Waals surface area contributed by atoms with Gasteiger partial charge >= 0.3 is 21.7 Å². The van der Waals surface area contributed by atoms with Crippen LogP contribution in [0.3, 0.4) is 0 Å². The summed E-state index contributed by atoms with van der Waals surface area (Å²) < 4.78 is 69.6. The highest BCUT2D eigenvalue weighted by Crippen LogP contribution is 2.41. The molecular formula is C13H12F3NO6S. The highest BCUT2D eigenvalue weighted by atomic mass is 32.2. The van der Waals surface area contributed by atoms with Crippen molar-refractivity contribution < 1.29 is 40.4 Å². The summed E-state index contributed by atoms with van der Waals surface area (Å²) in [7, 11) is -5.79.